The fraction of sp³-hybridized carbons (Fsp3) is 0.333. The Balaban J connectivity index is 0.000000700. The molecule has 0 aliphatic rings. The van der Waals surface area contributed by atoms with Gasteiger partial charge in [-0.25, -0.2) is 14.0 Å². The molecule has 1 unspecified atom stereocenters. The highest BCUT2D eigenvalue weighted by atomic mass is 19.1. The maximum Gasteiger partial charge on any atom is 0.408 e. The number of ether oxygens (including phenoxy) is 2. The summed E-state index contributed by atoms with van der Waals surface area (Å²) >= 11 is 0. The van der Waals surface area contributed by atoms with Gasteiger partial charge < -0.3 is 14.8 Å². The van der Waals surface area contributed by atoms with Crippen molar-refractivity contribution in [2.45, 2.75) is 46.3 Å². The van der Waals surface area contributed by atoms with E-state index in [9.17, 15) is 23.6 Å². The molecule has 0 bridgehead atoms. The summed E-state index contributed by atoms with van der Waals surface area (Å²) in [6.07, 6.45) is -0.812. The molecule has 10 heteroatoms. The van der Waals surface area contributed by atoms with E-state index in [0.29, 0.717) is 0 Å². The molecular weight excluding hydrogens is 445 g/mol. The largest absolute Gasteiger partial charge is 0.465 e. The van der Waals surface area contributed by atoms with E-state index in [-0.39, 0.29) is 5.56 Å². The number of esters is 1. The minimum Gasteiger partial charge on any atom is -0.465 e. The summed E-state index contributed by atoms with van der Waals surface area (Å²) in [5, 5.41) is 2.28. The monoisotopic (exact) mass is 475 g/mol. The van der Waals surface area contributed by atoms with Gasteiger partial charge in [0.1, 0.15) is 17.5 Å². The van der Waals surface area contributed by atoms with Crippen LogP contribution in [0, 0.1) is 12.7 Å². The number of halogens is 1. The number of carbonyl (C=O) groups is 4. The average molecular weight is 476 g/mol. The number of hydrogen-bond donors (Lipinski definition) is 3. The number of nitrogens with one attached hydrogen (secondary N) is 3. The van der Waals surface area contributed by atoms with Gasteiger partial charge in [-0.2, -0.15) is 0 Å². The number of methoxy groups -OCH3 is 1. The summed E-state index contributed by atoms with van der Waals surface area (Å²) < 4.78 is 23.3. The molecule has 2 aromatic rings. The molecule has 2 rings (SSSR count). The van der Waals surface area contributed by atoms with Crippen LogP contribution in [-0.4, -0.2) is 42.6 Å². The van der Waals surface area contributed by atoms with E-state index >= 15 is 0 Å². The minimum atomic E-state index is -1.04. The maximum absolute atomic E-state index is 13.8. The zero-order valence-electron chi connectivity index (χ0n) is 20.0. The van der Waals surface area contributed by atoms with Crippen molar-refractivity contribution in [2.24, 2.45) is 0 Å². The molecule has 0 fully saturated rings. The van der Waals surface area contributed by atoms with Gasteiger partial charge in [0.2, 0.25) is 0 Å². The molecular formula is C24H30FN3O6. The number of aryl methyl sites for hydroxylation is 1. The third-order valence-corrected chi connectivity index (χ3v) is 4.00. The molecule has 2 aromatic carbocycles. The first-order valence-electron chi connectivity index (χ1n) is 10.3. The van der Waals surface area contributed by atoms with Crippen LogP contribution in [-0.2, 0) is 14.3 Å². The third-order valence-electron chi connectivity index (χ3n) is 4.00. The van der Waals surface area contributed by atoms with Gasteiger partial charge in [-0.05, 0) is 52.8 Å². The van der Waals surface area contributed by atoms with Gasteiger partial charge in [-0.15, -0.1) is 0 Å². The highest BCUT2D eigenvalue weighted by Crippen LogP contribution is 2.11. The lowest BCUT2D eigenvalue weighted by atomic mass is 10.1. The fourth-order valence-electron chi connectivity index (χ4n) is 2.32. The van der Waals surface area contributed by atoms with Crippen LogP contribution < -0.4 is 16.2 Å². The summed E-state index contributed by atoms with van der Waals surface area (Å²) in [5.74, 6) is -3.40. The van der Waals surface area contributed by atoms with Crippen LogP contribution in [0.25, 0.3) is 0 Å². The molecule has 0 saturated carbocycles. The van der Waals surface area contributed by atoms with Gasteiger partial charge >= 0.3 is 12.1 Å². The Hall–Kier alpha value is -3.95. The van der Waals surface area contributed by atoms with Crippen LogP contribution in [0.15, 0.2) is 48.5 Å². The first kappa shape index (κ1) is 28.1. The quantitative estimate of drug-likeness (QED) is 0.461. The molecule has 3 N–H and O–H groups in total. The second kappa shape index (κ2) is 12.9. The van der Waals surface area contributed by atoms with Gasteiger partial charge in [0, 0.05) is 0 Å². The first-order valence-corrected chi connectivity index (χ1v) is 10.3. The number of rotatable bonds is 4. The number of hydrogen-bond acceptors (Lipinski definition) is 6. The fourth-order valence-corrected chi connectivity index (χ4v) is 2.32. The lowest BCUT2D eigenvalue weighted by Crippen LogP contribution is -2.51. The Kier molecular flexibility index (Phi) is 10.7. The Morgan fingerprint density at radius 2 is 1.59 bits per heavy atom. The smallest absolute Gasteiger partial charge is 0.408 e. The number of amides is 3. The Labute approximate surface area is 198 Å². The minimum absolute atomic E-state index is 0.0321. The van der Waals surface area contributed by atoms with Crippen LogP contribution >= 0.6 is 0 Å². The molecule has 0 spiro atoms. The van der Waals surface area contributed by atoms with E-state index < -0.39 is 46.9 Å². The first-order chi connectivity index (χ1) is 15.8. The van der Waals surface area contributed by atoms with Gasteiger partial charge in [0.15, 0.2) is 0 Å². The van der Waals surface area contributed by atoms with Gasteiger partial charge in [0.25, 0.3) is 11.8 Å². The van der Waals surface area contributed by atoms with Crippen molar-refractivity contribution < 1.29 is 33.0 Å². The average Bonchev–Trinajstić information content (AvgIpc) is 2.76. The van der Waals surface area contributed by atoms with E-state index in [1.165, 1.54) is 12.5 Å². The third kappa shape index (κ3) is 10.1. The predicted octanol–water partition coefficient (Wildman–Crippen LogP) is 3.28. The van der Waals surface area contributed by atoms with Gasteiger partial charge in [-0.3, -0.25) is 20.4 Å². The van der Waals surface area contributed by atoms with Crippen LogP contribution in [0.5, 0.6) is 0 Å². The molecule has 0 heterocycles. The van der Waals surface area contributed by atoms with Crippen molar-refractivity contribution in [3.05, 3.63) is 71.0 Å². The standard InChI is InChI=1S/C17H22FN3O6.C7H8/c1-9(19-16(25)27-17(2,3)4)13(22)20-21-14(23)11-8-10(15(24)26-5)6-7-12(11)18;1-7-5-3-2-4-6-7/h6-9H,1-5H3,(H,19,25)(H,20,22)(H,21,23);2-6H,1H3. The number of alkyl carbamates (subject to hydrolysis) is 1. The predicted molar refractivity (Wildman–Crippen MR) is 123 cm³/mol. The molecule has 3 amide bonds. The molecule has 0 aliphatic carbocycles. The zero-order valence-corrected chi connectivity index (χ0v) is 20.0. The van der Waals surface area contributed by atoms with Crippen molar-refractivity contribution in [1.82, 2.24) is 16.2 Å². The summed E-state index contributed by atoms with van der Waals surface area (Å²) in [7, 11) is 1.14. The highest BCUT2D eigenvalue weighted by molar-refractivity contribution is 5.99. The van der Waals surface area contributed by atoms with E-state index in [2.05, 4.69) is 29.1 Å². The Morgan fingerprint density at radius 3 is 2.09 bits per heavy atom. The molecule has 0 aromatic heterocycles. The summed E-state index contributed by atoms with van der Waals surface area (Å²) in [4.78, 5) is 47.0. The van der Waals surface area contributed by atoms with Gasteiger partial charge in [0.05, 0.1) is 18.2 Å². The van der Waals surface area contributed by atoms with Crippen molar-refractivity contribution in [1.29, 1.82) is 0 Å². The summed E-state index contributed by atoms with van der Waals surface area (Å²) in [6, 6.07) is 12.3. The molecule has 0 aliphatic heterocycles. The number of hydrazine groups is 1. The lowest BCUT2D eigenvalue weighted by molar-refractivity contribution is -0.123. The highest BCUT2D eigenvalue weighted by Gasteiger charge is 2.22. The van der Waals surface area contributed by atoms with Gasteiger partial charge in [-0.1, -0.05) is 35.9 Å². The molecule has 9 nitrogen and oxygen atoms in total. The van der Waals surface area contributed by atoms with Crippen molar-refractivity contribution in [3.63, 3.8) is 0 Å². The second-order valence-corrected chi connectivity index (χ2v) is 8.15. The topological polar surface area (TPSA) is 123 Å². The molecule has 0 radical (unpaired) electrons. The molecule has 184 valence electrons. The SMILES string of the molecule is COC(=O)c1ccc(F)c(C(=O)NNC(=O)C(C)NC(=O)OC(C)(C)C)c1.Cc1ccccc1. The van der Waals surface area contributed by atoms with Crippen molar-refractivity contribution in [3.8, 4) is 0 Å². The van der Waals surface area contributed by atoms with Crippen LogP contribution in [0.4, 0.5) is 9.18 Å². The van der Waals surface area contributed by atoms with Crippen molar-refractivity contribution in [2.75, 3.05) is 7.11 Å². The Bertz CT molecular complexity index is 1010. The number of benzene rings is 2. The maximum atomic E-state index is 13.8. The summed E-state index contributed by atoms with van der Waals surface area (Å²) in [5.41, 5.74) is 4.13. The second-order valence-electron chi connectivity index (χ2n) is 8.15. The van der Waals surface area contributed by atoms with Crippen LogP contribution in [0.3, 0.4) is 0 Å². The lowest BCUT2D eigenvalue weighted by Gasteiger charge is -2.21. The number of carbonyl (C=O) groups excluding carboxylic acids is 4. The summed E-state index contributed by atoms with van der Waals surface area (Å²) in [6.45, 7) is 8.43. The van der Waals surface area contributed by atoms with Crippen LogP contribution in [0.1, 0.15) is 54.0 Å². The molecule has 34 heavy (non-hydrogen) atoms. The molecule has 0 saturated heterocycles. The zero-order chi connectivity index (χ0) is 25.9. The Morgan fingerprint density at radius 1 is 0.971 bits per heavy atom. The van der Waals surface area contributed by atoms with E-state index in [0.717, 1.165) is 25.3 Å². The van der Waals surface area contributed by atoms with Crippen LogP contribution in [0.2, 0.25) is 0 Å². The van der Waals surface area contributed by atoms with E-state index in [1.807, 2.05) is 29.1 Å². The van der Waals surface area contributed by atoms with E-state index in [1.54, 1.807) is 20.8 Å². The molecule has 1 atom stereocenters. The van der Waals surface area contributed by atoms with Crippen molar-refractivity contribution >= 4 is 23.9 Å². The normalized spacial score (nSPS) is 11.1. The van der Waals surface area contributed by atoms with E-state index in [4.69, 9.17) is 4.74 Å².